The molecule has 0 bridgehead atoms. The standard InChI is InChI=1S/C17H12F5N7O2/c18-15(19)30-11-2-1-4-29-10(11)6-9(27-29)13-12-8(23-7-24-12)3-5-28(13)16-26-25-14(31-16)17(20,21)22/h1-2,4,6-7,13,15H,3,5H2,(H,23,24)/t13-/m1/s1. The van der Waals surface area contributed by atoms with E-state index in [0.717, 1.165) is 5.69 Å². The van der Waals surface area contributed by atoms with Gasteiger partial charge in [0.15, 0.2) is 5.75 Å². The van der Waals surface area contributed by atoms with Crippen molar-refractivity contribution in [2.45, 2.75) is 25.3 Å². The second-order valence-corrected chi connectivity index (χ2v) is 6.65. The first-order valence-electron chi connectivity index (χ1n) is 8.94. The number of hydrogen-bond donors (Lipinski definition) is 1. The fraction of sp³-hybridized carbons (Fsp3) is 0.294. The van der Waals surface area contributed by atoms with Gasteiger partial charge in [-0.25, -0.2) is 9.50 Å². The summed E-state index contributed by atoms with van der Waals surface area (Å²) in [6.07, 6.45) is -1.37. The number of rotatable bonds is 4. The smallest absolute Gasteiger partial charge is 0.433 e. The lowest BCUT2D eigenvalue weighted by Gasteiger charge is -2.32. The average molecular weight is 441 g/mol. The summed E-state index contributed by atoms with van der Waals surface area (Å²) in [6.45, 7) is -2.80. The van der Waals surface area contributed by atoms with E-state index in [4.69, 9.17) is 4.42 Å². The third-order valence-electron chi connectivity index (χ3n) is 4.81. The molecule has 0 saturated carbocycles. The molecule has 0 unspecified atom stereocenters. The van der Waals surface area contributed by atoms with E-state index in [-0.39, 0.29) is 23.8 Å². The molecule has 1 aliphatic rings. The number of nitrogens with zero attached hydrogens (tertiary/aromatic N) is 6. The highest BCUT2D eigenvalue weighted by atomic mass is 19.4. The van der Waals surface area contributed by atoms with Gasteiger partial charge in [-0.05, 0) is 18.2 Å². The number of halogens is 5. The molecule has 1 aliphatic heterocycles. The number of pyridine rings is 1. The van der Waals surface area contributed by atoms with Gasteiger partial charge < -0.3 is 19.0 Å². The van der Waals surface area contributed by atoms with Crippen LogP contribution in [0.15, 0.2) is 35.1 Å². The summed E-state index contributed by atoms with van der Waals surface area (Å²) >= 11 is 0. The molecule has 14 heteroatoms. The lowest BCUT2D eigenvalue weighted by atomic mass is 10.0. The molecule has 9 nitrogen and oxygen atoms in total. The molecular formula is C17H12F5N7O2. The molecule has 0 saturated heterocycles. The highest BCUT2D eigenvalue weighted by molar-refractivity contribution is 5.61. The van der Waals surface area contributed by atoms with Crippen molar-refractivity contribution in [1.29, 1.82) is 0 Å². The number of fused-ring (bicyclic) bond motifs is 2. The van der Waals surface area contributed by atoms with Gasteiger partial charge in [0.2, 0.25) is 0 Å². The number of H-pyrrole nitrogens is 1. The summed E-state index contributed by atoms with van der Waals surface area (Å²) in [6, 6.07) is 3.19. The maximum Gasteiger partial charge on any atom is 0.470 e. The van der Waals surface area contributed by atoms with Gasteiger partial charge in [0.05, 0.1) is 17.7 Å². The lowest BCUT2D eigenvalue weighted by Crippen LogP contribution is -2.37. The summed E-state index contributed by atoms with van der Waals surface area (Å²) < 4.78 is 75.1. The van der Waals surface area contributed by atoms with Crippen LogP contribution in [0.4, 0.5) is 28.0 Å². The molecule has 0 amide bonds. The number of nitrogens with one attached hydrogen (secondary N) is 1. The Morgan fingerprint density at radius 3 is 2.84 bits per heavy atom. The quantitative estimate of drug-likeness (QED) is 0.486. The summed E-state index contributed by atoms with van der Waals surface area (Å²) in [5.74, 6) is -1.57. The highest BCUT2D eigenvalue weighted by Crippen LogP contribution is 2.38. The Kier molecular flexibility index (Phi) is 4.30. The molecule has 4 aromatic rings. The van der Waals surface area contributed by atoms with E-state index >= 15 is 0 Å². The number of aromatic amines is 1. The summed E-state index contributed by atoms with van der Waals surface area (Å²) in [7, 11) is 0. The van der Waals surface area contributed by atoms with Crippen LogP contribution >= 0.6 is 0 Å². The van der Waals surface area contributed by atoms with Gasteiger partial charge in [0, 0.05) is 24.9 Å². The fourth-order valence-corrected chi connectivity index (χ4v) is 3.57. The highest BCUT2D eigenvalue weighted by Gasteiger charge is 2.41. The van der Waals surface area contributed by atoms with Crippen LogP contribution in [-0.4, -0.2) is 42.9 Å². The van der Waals surface area contributed by atoms with E-state index in [0.29, 0.717) is 17.8 Å². The molecular weight excluding hydrogens is 429 g/mol. The predicted octanol–water partition coefficient (Wildman–Crippen LogP) is 3.21. The summed E-state index contributed by atoms with van der Waals surface area (Å²) in [5.41, 5.74) is 1.84. The van der Waals surface area contributed by atoms with Crippen LogP contribution < -0.4 is 9.64 Å². The zero-order valence-electron chi connectivity index (χ0n) is 15.3. The van der Waals surface area contributed by atoms with Crippen LogP contribution in [0.1, 0.15) is 29.0 Å². The number of imidazole rings is 1. The molecule has 1 N–H and O–H groups in total. The van der Waals surface area contributed by atoms with Crippen LogP contribution in [0.25, 0.3) is 5.52 Å². The van der Waals surface area contributed by atoms with Crippen LogP contribution in [0.3, 0.4) is 0 Å². The first kappa shape index (κ1) is 19.3. The Morgan fingerprint density at radius 1 is 1.26 bits per heavy atom. The first-order chi connectivity index (χ1) is 14.8. The lowest BCUT2D eigenvalue weighted by molar-refractivity contribution is -0.157. The van der Waals surface area contributed by atoms with Crippen molar-refractivity contribution in [3.8, 4) is 5.75 Å². The van der Waals surface area contributed by atoms with Crippen LogP contribution in [-0.2, 0) is 12.6 Å². The SMILES string of the molecule is FC(F)Oc1cccn2nc([C@@H]3c4nc[nH]c4CCN3c3nnc(C(F)(F)F)o3)cc12. The van der Waals surface area contributed by atoms with Crippen molar-refractivity contribution in [1.82, 2.24) is 29.8 Å². The minimum absolute atomic E-state index is 0.0991. The molecule has 0 fully saturated rings. The maximum absolute atomic E-state index is 12.9. The average Bonchev–Trinajstić information content (AvgIpc) is 3.44. The number of alkyl halides is 5. The second-order valence-electron chi connectivity index (χ2n) is 6.65. The van der Waals surface area contributed by atoms with Crippen LogP contribution in [0.5, 0.6) is 5.75 Å². The first-order valence-corrected chi connectivity index (χ1v) is 8.94. The number of anilines is 1. The van der Waals surface area contributed by atoms with Gasteiger partial charge >= 0.3 is 24.7 Å². The summed E-state index contributed by atoms with van der Waals surface area (Å²) in [5, 5.41) is 11.0. The van der Waals surface area contributed by atoms with Gasteiger partial charge in [-0.1, -0.05) is 5.10 Å². The van der Waals surface area contributed by atoms with Crippen molar-refractivity contribution in [3.05, 3.63) is 53.7 Å². The normalized spacial score (nSPS) is 16.8. The van der Waals surface area contributed by atoms with Crippen molar-refractivity contribution < 1.29 is 31.1 Å². The number of aromatic nitrogens is 6. The van der Waals surface area contributed by atoms with E-state index in [9.17, 15) is 22.0 Å². The molecule has 162 valence electrons. The van der Waals surface area contributed by atoms with E-state index in [1.54, 1.807) is 0 Å². The monoisotopic (exact) mass is 441 g/mol. The molecule has 0 radical (unpaired) electrons. The third kappa shape index (κ3) is 3.33. The van der Waals surface area contributed by atoms with Crippen LogP contribution in [0, 0.1) is 0 Å². The Morgan fingerprint density at radius 2 is 2.10 bits per heavy atom. The van der Waals surface area contributed by atoms with Gasteiger partial charge in [-0.3, -0.25) is 0 Å². The van der Waals surface area contributed by atoms with Crippen molar-refractivity contribution in [3.63, 3.8) is 0 Å². The van der Waals surface area contributed by atoms with Crippen molar-refractivity contribution >= 4 is 11.5 Å². The van der Waals surface area contributed by atoms with Gasteiger partial charge in [0.1, 0.15) is 11.6 Å². The zero-order chi connectivity index (χ0) is 21.8. The molecule has 1 atom stereocenters. The Balaban J connectivity index is 1.61. The van der Waals surface area contributed by atoms with Gasteiger partial charge in [0.25, 0.3) is 0 Å². The third-order valence-corrected chi connectivity index (χ3v) is 4.81. The minimum Gasteiger partial charge on any atom is -0.433 e. The van der Waals surface area contributed by atoms with Gasteiger partial charge in [-0.2, -0.15) is 27.1 Å². The topological polar surface area (TPSA) is 97.4 Å². The molecule has 31 heavy (non-hydrogen) atoms. The molecule has 0 spiro atoms. The molecule has 0 aliphatic carbocycles. The summed E-state index contributed by atoms with van der Waals surface area (Å²) in [4.78, 5) is 8.71. The Bertz CT molecular complexity index is 1230. The van der Waals surface area contributed by atoms with E-state index in [1.807, 2.05) is 0 Å². The Labute approximate surface area is 169 Å². The molecule has 0 aromatic carbocycles. The fourth-order valence-electron chi connectivity index (χ4n) is 3.57. The van der Waals surface area contributed by atoms with E-state index in [1.165, 1.54) is 40.1 Å². The molecule has 5 rings (SSSR count). The second kappa shape index (κ2) is 6.92. The predicted molar refractivity (Wildman–Crippen MR) is 92.6 cm³/mol. The van der Waals surface area contributed by atoms with E-state index in [2.05, 4.69) is 30.0 Å². The molecule has 5 heterocycles. The largest absolute Gasteiger partial charge is 0.470 e. The molecule has 4 aromatic heterocycles. The van der Waals surface area contributed by atoms with Crippen molar-refractivity contribution in [2.24, 2.45) is 0 Å². The Hall–Kier alpha value is -3.71. The zero-order valence-corrected chi connectivity index (χ0v) is 15.3. The maximum atomic E-state index is 12.9. The van der Waals surface area contributed by atoms with E-state index < -0.39 is 24.7 Å². The van der Waals surface area contributed by atoms with Crippen LogP contribution in [0.2, 0.25) is 0 Å². The number of ether oxygens (including phenoxy) is 1. The van der Waals surface area contributed by atoms with Crippen molar-refractivity contribution in [2.75, 3.05) is 11.4 Å². The number of hydrogen-bond acceptors (Lipinski definition) is 7. The minimum atomic E-state index is -4.79. The van der Waals surface area contributed by atoms with Gasteiger partial charge in [-0.15, -0.1) is 5.10 Å².